The van der Waals surface area contributed by atoms with Gasteiger partial charge in [-0.15, -0.1) is 0 Å². The number of halogens is 1. The predicted molar refractivity (Wildman–Crippen MR) is 112 cm³/mol. The number of benzene rings is 2. The molecule has 0 radical (unpaired) electrons. The zero-order valence-electron chi connectivity index (χ0n) is 16.2. The van der Waals surface area contributed by atoms with Crippen molar-refractivity contribution < 1.29 is 14.0 Å². The van der Waals surface area contributed by atoms with E-state index < -0.39 is 11.7 Å². The molecule has 0 bridgehead atoms. The first-order valence-electron chi connectivity index (χ1n) is 10.0. The third-order valence-electron chi connectivity index (χ3n) is 5.57. The lowest BCUT2D eigenvalue weighted by Gasteiger charge is -2.26. The third kappa shape index (κ3) is 3.34. The van der Waals surface area contributed by atoms with Gasteiger partial charge in [-0.3, -0.25) is 9.59 Å². The molecule has 152 valence electrons. The molecular weight excluding hydrogens is 385 g/mol. The number of amides is 2. The van der Waals surface area contributed by atoms with Crippen LogP contribution in [0.3, 0.4) is 0 Å². The van der Waals surface area contributed by atoms with Crippen molar-refractivity contribution in [3.8, 4) is 0 Å². The number of hydrogen-bond donors (Lipinski definition) is 2. The summed E-state index contributed by atoms with van der Waals surface area (Å²) in [6, 6.07) is 11.6. The summed E-state index contributed by atoms with van der Waals surface area (Å²) in [6.07, 6.45) is 2.11. The van der Waals surface area contributed by atoms with Crippen LogP contribution < -0.4 is 15.5 Å². The maximum atomic E-state index is 13.6. The van der Waals surface area contributed by atoms with Gasteiger partial charge < -0.3 is 15.5 Å². The fourth-order valence-corrected chi connectivity index (χ4v) is 4.10. The monoisotopic (exact) mass is 405 g/mol. The molecule has 0 saturated carbocycles. The van der Waals surface area contributed by atoms with Crippen molar-refractivity contribution in [2.45, 2.75) is 25.2 Å². The summed E-state index contributed by atoms with van der Waals surface area (Å²) in [6.45, 7) is 1.70. The maximum absolute atomic E-state index is 13.6. The number of aromatic nitrogens is 2. The Morgan fingerprint density at radius 1 is 1.10 bits per heavy atom. The second-order valence-corrected chi connectivity index (χ2v) is 7.60. The van der Waals surface area contributed by atoms with Gasteiger partial charge in [0.25, 0.3) is 0 Å². The molecule has 3 heterocycles. The zero-order valence-corrected chi connectivity index (χ0v) is 16.2. The largest absolute Gasteiger partial charge is 0.354 e. The van der Waals surface area contributed by atoms with Gasteiger partial charge in [0.2, 0.25) is 11.8 Å². The van der Waals surface area contributed by atoms with Crippen LogP contribution in [0, 0.1) is 5.82 Å². The number of carbonyl (C=O) groups is 2. The average Bonchev–Trinajstić information content (AvgIpc) is 3.27. The van der Waals surface area contributed by atoms with Gasteiger partial charge in [0.05, 0.1) is 17.0 Å². The minimum atomic E-state index is -0.728. The van der Waals surface area contributed by atoms with E-state index in [1.54, 1.807) is 6.07 Å². The number of para-hydroxylation sites is 2. The number of carbonyl (C=O) groups excluding carboxylic acids is 2. The molecule has 3 aromatic rings. The fraction of sp³-hybridized carbons (Fsp3) is 0.273. The topological polar surface area (TPSA) is 87.2 Å². The summed E-state index contributed by atoms with van der Waals surface area (Å²) in [5, 5.41) is 5.53. The Morgan fingerprint density at radius 2 is 1.83 bits per heavy atom. The third-order valence-corrected chi connectivity index (χ3v) is 5.57. The average molecular weight is 405 g/mol. The Labute approximate surface area is 172 Å². The number of nitrogens with one attached hydrogen (secondary N) is 2. The molecule has 1 aromatic heterocycles. The highest BCUT2D eigenvalue weighted by molar-refractivity contribution is 6.05. The molecule has 0 aliphatic carbocycles. The second kappa shape index (κ2) is 7.37. The lowest BCUT2D eigenvalue weighted by atomic mass is 9.89. The molecule has 1 saturated heterocycles. The Morgan fingerprint density at radius 3 is 2.60 bits per heavy atom. The molecule has 0 unspecified atom stereocenters. The SMILES string of the molecule is O=C1C[C@@H](C(=O)Nc2nc3ccccc3nc2N2CCCC2)c2ccc(F)cc2N1. The van der Waals surface area contributed by atoms with Gasteiger partial charge in [-0.2, -0.15) is 0 Å². The van der Waals surface area contributed by atoms with Gasteiger partial charge >= 0.3 is 0 Å². The summed E-state index contributed by atoms with van der Waals surface area (Å²) in [5.41, 5.74) is 2.36. The molecule has 2 amide bonds. The lowest BCUT2D eigenvalue weighted by Crippen LogP contribution is -2.32. The molecule has 30 heavy (non-hydrogen) atoms. The van der Waals surface area contributed by atoms with Gasteiger partial charge in [-0.1, -0.05) is 18.2 Å². The first-order valence-corrected chi connectivity index (χ1v) is 10.0. The van der Waals surface area contributed by atoms with Crippen LogP contribution >= 0.6 is 0 Å². The molecule has 2 aliphatic heterocycles. The Balaban J connectivity index is 1.52. The smallest absolute Gasteiger partial charge is 0.233 e. The minimum Gasteiger partial charge on any atom is -0.354 e. The van der Waals surface area contributed by atoms with Crippen molar-refractivity contribution in [3.63, 3.8) is 0 Å². The Bertz CT molecular complexity index is 1160. The van der Waals surface area contributed by atoms with Crippen molar-refractivity contribution in [2.24, 2.45) is 0 Å². The summed E-state index contributed by atoms with van der Waals surface area (Å²) >= 11 is 0. The molecule has 1 fully saturated rings. The van der Waals surface area contributed by atoms with Crippen molar-refractivity contribution in [3.05, 3.63) is 53.8 Å². The molecule has 8 heteroatoms. The van der Waals surface area contributed by atoms with Gasteiger partial charge in [0.15, 0.2) is 11.6 Å². The number of nitrogens with zero attached hydrogens (tertiary/aromatic N) is 3. The number of hydrogen-bond acceptors (Lipinski definition) is 5. The first kappa shape index (κ1) is 18.5. The molecule has 2 aromatic carbocycles. The molecule has 2 N–H and O–H groups in total. The van der Waals surface area contributed by atoms with E-state index in [4.69, 9.17) is 4.98 Å². The highest BCUT2D eigenvalue weighted by Gasteiger charge is 2.32. The number of fused-ring (bicyclic) bond motifs is 2. The minimum absolute atomic E-state index is 0.00940. The van der Waals surface area contributed by atoms with E-state index in [0.717, 1.165) is 31.4 Å². The number of anilines is 3. The zero-order chi connectivity index (χ0) is 20.7. The van der Waals surface area contributed by atoms with Gasteiger partial charge in [0, 0.05) is 25.2 Å². The number of rotatable bonds is 3. The molecule has 2 aliphatic rings. The van der Waals surface area contributed by atoms with Crippen molar-refractivity contribution >= 4 is 40.2 Å². The van der Waals surface area contributed by atoms with Gasteiger partial charge in [0.1, 0.15) is 5.82 Å². The Kier molecular flexibility index (Phi) is 4.54. The predicted octanol–water partition coefficient (Wildman–Crippen LogP) is 3.43. The molecule has 5 rings (SSSR count). The van der Waals surface area contributed by atoms with E-state index in [-0.39, 0.29) is 18.2 Å². The van der Waals surface area contributed by atoms with Crippen LogP contribution in [-0.4, -0.2) is 34.9 Å². The van der Waals surface area contributed by atoms with Crippen LogP contribution in [0.1, 0.15) is 30.7 Å². The van der Waals surface area contributed by atoms with E-state index in [0.29, 0.717) is 28.4 Å². The normalized spacial score (nSPS) is 18.2. The molecular formula is C22H20FN5O2. The van der Waals surface area contributed by atoms with E-state index in [1.165, 1.54) is 12.1 Å². The standard InChI is InChI=1S/C22H20FN5O2/c23-13-7-8-14-15(12-19(29)24-18(14)11-13)22(30)27-20-21(28-9-3-4-10-28)26-17-6-2-1-5-16(17)25-20/h1-2,5-8,11,15H,3-4,9-10,12H2,(H,24,29)(H,25,27,30)/t15-/m1/s1. The van der Waals surface area contributed by atoms with E-state index in [1.807, 2.05) is 24.3 Å². The fourth-order valence-electron chi connectivity index (χ4n) is 4.10. The molecule has 1 atom stereocenters. The lowest BCUT2D eigenvalue weighted by molar-refractivity contribution is -0.123. The summed E-state index contributed by atoms with van der Waals surface area (Å²) in [5.74, 6) is -0.851. The van der Waals surface area contributed by atoms with Crippen LogP contribution in [0.2, 0.25) is 0 Å². The van der Waals surface area contributed by atoms with Crippen LogP contribution in [0.4, 0.5) is 21.7 Å². The van der Waals surface area contributed by atoms with Crippen LogP contribution in [0.15, 0.2) is 42.5 Å². The summed E-state index contributed by atoms with van der Waals surface area (Å²) in [4.78, 5) is 36.8. The van der Waals surface area contributed by atoms with Crippen molar-refractivity contribution in [1.82, 2.24) is 9.97 Å². The van der Waals surface area contributed by atoms with E-state index in [9.17, 15) is 14.0 Å². The van der Waals surface area contributed by atoms with E-state index in [2.05, 4.69) is 20.5 Å². The first-order chi connectivity index (χ1) is 14.6. The van der Waals surface area contributed by atoms with Crippen molar-refractivity contribution in [2.75, 3.05) is 28.6 Å². The van der Waals surface area contributed by atoms with Crippen LogP contribution in [0.5, 0.6) is 0 Å². The van der Waals surface area contributed by atoms with Crippen LogP contribution in [-0.2, 0) is 9.59 Å². The summed E-state index contributed by atoms with van der Waals surface area (Å²) in [7, 11) is 0. The van der Waals surface area contributed by atoms with Gasteiger partial charge in [-0.25, -0.2) is 14.4 Å². The highest BCUT2D eigenvalue weighted by atomic mass is 19.1. The second-order valence-electron chi connectivity index (χ2n) is 7.60. The highest BCUT2D eigenvalue weighted by Crippen LogP contribution is 2.35. The van der Waals surface area contributed by atoms with Crippen LogP contribution in [0.25, 0.3) is 11.0 Å². The van der Waals surface area contributed by atoms with E-state index >= 15 is 0 Å². The molecule has 0 spiro atoms. The quantitative estimate of drug-likeness (QED) is 0.697. The van der Waals surface area contributed by atoms with Crippen molar-refractivity contribution in [1.29, 1.82) is 0 Å². The maximum Gasteiger partial charge on any atom is 0.233 e. The Hall–Kier alpha value is -3.55. The van der Waals surface area contributed by atoms with Gasteiger partial charge in [-0.05, 0) is 42.7 Å². The molecule has 7 nitrogen and oxygen atoms in total. The summed E-state index contributed by atoms with van der Waals surface area (Å²) < 4.78 is 13.6.